The normalized spacial score (nSPS) is 27.1. The highest BCUT2D eigenvalue weighted by Crippen LogP contribution is 2.55. The van der Waals surface area contributed by atoms with Crippen molar-refractivity contribution in [2.24, 2.45) is 16.7 Å². The van der Waals surface area contributed by atoms with Crippen LogP contribution >= 0.6 is 0 Å². The van der Waals surface area contributed by atoms with Crippen LogP contribution in [0.2, 0.25) is 0 Å². The molecule has 52 heavy (non-hydrogen) atoms. The molecule has 2 aliphatic carbocycles. The van der Waals surface area contributed by atoms with Gasteiger partial charge in [0.05, 0.1) is 24.9 Å². The summed E-state index contributed by atoms with van der Waals surface area (Å²) in [5.41, 5.74) is -0.934. The van der Waals surface area contributed by atoms with Gasteiger partial charge in [-0.2, -0.15) is 9.97 Å². The Bertz CT molecular complexity index is 2120. The van der Waals surface area contributed by atoms with E-state index in [1.165, 1.54) is 37.8 Å². The van der Waals surface area contributed by atoms with Crippen molar-refractivity contribution in [2.75, 3.05) is 44.8 Å². The van der Waals surface area contributed by atoms with Gasteiger partial charge in [0.2, 0.25) is 5.88 Å². The maximum atomic E-state index is 17.2. The number of hydrogen-bond acceptors (Lipinski definition) is 9. The lowest BCUT2D eigenvalue weighted by atomic mass is 9.75. The number of rotatable bonds is 8. The maximum Gasteiger partial charge on any atom is 0.319 e. The van der Waals surface area contributed by atoms with Crippen LogP contribution in [0, 0.1) is 40.7 Å². The first-order valence-corrected chi connectivity index (χ1v) is 18.5. The number of hydrogen-bond donors (Lipinski definition) is 2. The second kappa shape index (κ2) is 12.7. The molecule has 4 atom stereocenters. The fourth-order valence-electron chi connectivity index (χ4n) is 9.49. The van der Waals surface area contributed by atoms with Gasteiger partial charge >= 0.3 is 6.01 Å². The summed E-state index contributed by atoms with van der Waals surface area (Å²) in [4.78, 5) is 18.8. The van der Waals surface area contributed by atoms with Gasteiger partial charge in [-0.3, -0.25) is 4.90 Å². The van der Waals surface area contributed by atoms with E-state index in [2.05, 4.69) is 29.7 Å². The zero-order valence-corrected chi connectivity index (χ0v) is 30.4. The number of aromatic nitrogens is 3. The van der Waals surface area contributed by atoms with Crippen LogP contribution in [0.25, 0.3) is 32.9 Å². The number of nitrogens with zero attached hydrogens (tertiary/aromatic N) is 5. The van der Waals surface area contributed by atoms with Crippen molar-refractivity contribution in [2.45, 2.75) is 83.8 Å². The van der Waals surface area contributed by atoms with Crippen molar-refractivity contribution < 1.29 is 28.5 Å². The van der Waals surface area contributed by atoms with E-state index >= 15 is 8.78 Å². The van der Waals surface area contributed by atoms with Crippen molar-refractivity contribution in [3.8, 4) is 41.2 Å². The van der Waals surface area contributed by atoms with Crippen LogP contribution in [-0.4, -0.2) is 81.6 Å². The average Bonchev–Trinajstić information content (AvgIpc) is 3.48. The van der Waals surface area contributed by atoms with E-state index in [4.69, 9.17) is 25.9 Å². The molecule has 2 N–H and O–H groups in total. The summed E-state index contributed by atoms with van der Waals surface area (Å²) in [7, 11) is 1.42. The highest BCUT2D eigenvalue weighted by molar-refractivity contribution is 6.04. The summed E-state index contributed by atoms with van der Waals surface area (Å²) in [5.74, 6) is 1.86. The number of halogens is 2. The fourth-order valence-corrected chi connectivity index (χ4v) is 9.49. The van der Waals surface area contributed by atoms with Gasteiger partial charge in [0.25, 0.3) is 0 Å². The second-order valence-corrected chi connectivity index (χ2v) is 16.6. The van der Waals surface area contributed by atoms with Crippen molar-refractivity contribution in [3.05, 3.63) is 41.5 Å². The molecule has 2 aromatic heterocycles. The molecule has 2 saturated carbocycles. The Morgan fingerprint density at radius 2 is 1.79 bits per heavy atom. The Morgan fingerprint density at radius 1 is 1.02 bits per heavy atom. The van der Waals surface area contributed by atoms with Gasteiger partial charge in [-0.05, 0) is 93.3 Å². The van der Waals surface area contributed by atoms with Gasteiger partial charge in [-0.15, -0.1) is 6.42 Å². The van der Waals surface area contributed by atoms with Gasteiger partial charge in [0.1, 0.15) is 34.0 Å². The average molecular weight is 712 g/mol. The van der Waals surface area contributed by atoms with Crippen LogP contribution in [0.15, 0.2) is 24.3 Å². The monoisotopic (exact) mass is 711 g/mol. The van der Waals surface area contributed by atoms with Gasteiger partial charge in [-0.1, -0.05) is 32.3 Å². The van der Waals surface area contributed by atoms with Gasteiger partial charge in [-0.25, -0.2) is 13.8 Å². The largest absolute Gasteiger partial charge is 0.508 e. The van der Waals surface area contributed by atoms with Crippen molar-refractivity contribution in [1.82, 2.24) is 19.9 Å². The molecule has 2 aromatic carbocycles. The number of pyridine rings is 1. The molecule has 11 heteroatoms. The van der Waals surface area contributed by atoms with E-state index in [9.17, 15) is 10.2 Å². The van der Waals surface area contributed by atoms with Crippen molar-refractivity contribution >= 4 is 27.5 Å². The predicted octanol–water partition coefficient (Wildman–Crippen LogP) is 7.23. The molecule has 2 saturated heterocycles. The number of aromatic hydroxyl groups is 1. The maximum absolute atomic E-state index is 17.2. The van der Waals surface area contributed by atoms with Gasteiger partial charge in [0, 0.05) is 42.0 Å². The Kier molecular flexibility index (Phi) is 8.50. The number of terminal acetylenes is 1. The van der Waals surface area contributed by atoms with Crippen LogP contribution in [0.4, 0.5) is 14.6 Å². The molecule has 274 valence electrons. The summed E-state index contributed by atoms with van der Waals surface area (Å²) in [6.45, 7) is 9.92. The molecule has 4 aliphatic rings. The van der Waals surface area contributed by atoms with E-state index < -0.39 is 17.2 Å². The first-order valence-electron chi connectivity index (χ1n) is 18.5. The van der Waals surface area contributed by atoms with Gasteiger partial charge < -0.3 is 24.6 Å². The van der Waals surface area contributed by atoms with E-state index in [-0.39, 0.29) is 62.7 Å². The number of likely N-dealkylation sites (tertiary alicyclic amines) is 1. The predicted molar refractivity (Wildman–Crippen MR) is 197 cm³/mol. The number of methoxy groups -OCH3 is 1. The molecular formula is C41H47F2N5O4. The zero-order valence-electron chi connectivity index (χ0n) is 30.4. The molecule has 2 aliphatic heterocycles. The third-order valence-corrected chi connectivity index (χ3v) is 12.4. The molecule has 4 fully saturated rings. The van der Waals surface area contributed by atoms with E-state index in [1.54, 1.807) is 6.92 Å². The lowest BCUT2D eigenvalue weighted by Crippen LogP contribution is -2.52. The number of aliphatic hydroxyl groups is 1. The first-order chi connectivity index (χ1) is 24.8. The minimum Gasteiger partial charge on any atom is -0.508 e. The lowest BCUT2D eigenvalue weighted by molar-refractivity contribution is -0.00387. The summed E-state index contributed by atoms with van der Waals surface area (Å²) in [6, 6.07) is 5.89. The first kappa shape index (κ1) is 34.8. The molecule has 0 bridgehead atoms. The minimum atomic E-state index is -0.996. The van der Waals surface area contributed by atoms with E-state index in [0.717, 1.165) is 51.1 Å². The molecule has 0 radical (unpaired) electrons. The summed E-state index contributed by atoms with van der Waals surface area (Å²) >= 11 is 0. The zero-order chi connectivity index (χ0) is 36.6. The topological polar surface area (TPSA) is 104 Å². The molecule has 0 amide bonds. The summed E-state index contributed by atoms with van der Waals surface area (Å²) in [6.07, 6.45) is 13.8. The number of β-amino-alcohol motifs (C(OH)–C–C–N with tert-alkyl or cyclic N) is 1. The molecule has 4 heterocycles. The fraction of sp³-hybridized carbons (Fsp3) is 0.537. The summed E-state index contributed by atoms with van der Waals surface area (Å²) < 4.78 is 44.6. The number of ether oxygens (including phenoxy) is 2. The van der Waals surface area contributed by atoms with E-state index in [1.807, 2.05) is 4.90 Å². The number of anilines is 1. The van der Waals surface area contributed by atoms with Gasteiger partial charge in [0.15, 0.2) is 5.82 Å². The third-order valence-electron chi connectivity index (χ3n) is 12.4. The number of phenolic OH excluding ortho intramolecular Hbond substituents is 1. The molecular weight excluding hydrogens is 664 g/mol. The quantitative estimate of drug-likeness (QED) is 0.183. The number of fused-ring (bicyclic) bond motifs is 3. The Morgan fingerprint density at radius 3 is 2.52 bits per heavy atom. The smallest absolute Gasteiger partial charge is 0.319 e. The second-order valence-electron chi connectivity index (χ2n) is 16.6. The van der Waals surface area contributed by atoms with Crippen molar-refractivity contribution in [3.63, 3.8) is 0 Å². The molecule has 4 aromatic rings. The summed E-state index contributed by atoms with van der Waals surface area (Å²) in [5, 5.41) is 22.7. The number of benzene rings is 2. The highest BCUT2D eigenvalue weighted by Gasteiger charge is 2.52. The number of phenols is 1. The van der Waals surface area contributed by atoms with Crippen molar-refractivity contribution in [1.29, 1.82) is 0 Å². The highest BCUT2D eigenvalue weighted by atomic mass is 19.1. The Hall–Kier alpha value is -4.27. The Labute approximate surface area is 303 Å². The number of piperidine rings is 2. The SMILES string of the molecule is C#Cc1c(F)ccc2cc(O)cc(-c3nc(OC)c4c(N5CCCC(C)(O)C5)nc(OCC56CCCC5N(CC5CC5(C)C)CCC6)nc4c3F)c12. The van der Waals surface area contributed by atoms with Crippen LogP contribution in [0.1, 0.15) is 77.7 Å². The standard InChI is InChI=1S/C41H47F2N5O4/c1-6-27-29(42)12-11-24-18-26(49)19-28(31(24)27)34-33(43)35-32(37(44-34)51-5)36(48-17-8-13-40(4,50)22-48)46-38(45-35)52-23-41-14-7-10-30(41)47(16-9-15-41)21-25-20-39(25,2)3/h1,11-12,18-19,25,30,49-50H,7-10,13-17,20-23H2,2-5H3. The molecule has 8 rings (SSSR count). The van der Waals surface area contributed by atoms with Crippen LogP contribution in [-0.2, 0) is 0 Å². The minimum absolute atomic E-state index is 0.0300. The van der Waals surface area contributed by atoms with Crippen LogP contribution < -0.4 is 14.4 Å². The Balaban J connectivity index is 1.25. The lowest BCUT2D eigenvalue weighted by Gasteiger charge is -2.46. The van der Waals surface area contributed by atoms with Crippen LogP contribution in [0.5, 0.6) is 17.6 Å². The van der Waals surface area contributed by atoms with Crippen LogP contribution in [0.3, 0.4) is 0 Å². The van der Waals surface area contributed by atoms with E-state index in [0.29, 0.717) is 48.7 Å². The molecule has 9 nitrogen and oxygen atoms in total. The molecule has 4 unspecified atom stereocenters. The third kappa shape index (κ3) is 5.98. The molecule has 0 spiro atoms.